The van der Waals surface area contributed by atoms with Crippen molar-refractivity contribution < 1.29 is 9.59 Å². The average Bonchev–Trinajstić information content (AvgIpc) is 3.14. The van der Waals surface area contributed by atoms with Crippen LogP contribution in [0.15, 0.2) is 54.7 Å². The number of rotatable bonds is 3. The summed E-state index contributed by atoms with van der Waals surface area (Å²) >= 11 is 0. The molecule has 1 aliphatic rings. The van der Waals surface area contributed by atoms with Gasteiger partial charge < -0.3 is 10.2 Å². The van der Waals surface area contributed by atoms with Gasteiger partial charge in [0, 0.05) is 36.7 Å². The van der Waals surface area contributed by atoms with Crippen LogP contribution >= 0.6 is 0 Å². The first-order valence-electron chi connectivity index (χ1n) is 9.34. The molecule has 0 unspecified atom stereocenters. The second kappa shape index (κ2) is 7.31. The molecular weight excluding hydrogens is 352 g/mol. The van der Waals surface area contributed by atoms with Gasteiger partial charge in [-0.25, -0.2) is 0 Å². The Hall–Kier alpha value is -3.41. The zero-order valence-electron chi connectivity index (χ0n) is 16.0. The number of nitrogens with one attached hydrogen (secondary N) is 1. The molecule has 6 nitrogen and oxygen atoms in total. The van der Waals surface area contributed by atoms with E-state index >= 15 is 0 Å². The van der Waals surface area contributed by atoms with Crippen LogP contribution < -0.4 is 10.2 Å². The van der Waals surface area contributed by atoms with Crippen LogP contribution in [-0.2, 0) is 13.5 Å². The van der Waals surface area contributed by atoms with E-state index < -0.39 is 0 Å². The molecule has 0 radical (unpaired) electrons. The summed E-state index contributed by atoms with van der Waals surface area (Å²) in [6, 6.07) is 15.1. The highest BCUT2D eigenvalue weighted by Crippen LogP contribution is 2.29. The van der Waals surface area contributed by atoms with Crippen LogP contribution in [0.25, 0.3) is 0 Å². The summed E-state index contributed by atoms with van der Waals surface area (Å²) in [5, 5.41) is 6.90. The van der Waals surface area contributed by atoms with Gasteiger partial charge in [-0.15, -0.1) is 0 Å². The molecule has 3 aromatic rings. The fourth-order valence-corrected chi connectivity index (χ4v) is 3.62. The van der Waals surface area contributed by atoms with Crippen molar-refractivity contribution in [2.45, 2.75) is 19.8 Å². The topological polar surface area (TPSA) is 67.2 Å². The number of hydrogen-bond donors (Lipinski definition) is 1. The molecule has 2 amide bonds. The smallest absolute Gasteiger partial charge is 0.273 e. The fourth-order valence-electron chi connectivity index (χ4n) is 3.62. The summed E-state index contributed by atoms with van der Waals surface area (Å²) in [5.41, 5.74) is 4.81. The highest BCUT2D eigenvalue weighted by Gasteiger charge is 2.23. The summed E-state index contributed by atoms with van der Waals surface area (Å²) in [4.78, 5) is 27.4. The van der Waals surface area contributed by atoms with Gasteiger partial charge >= 0.3 is 0 Å². The molecule has 28 heavy (non-hydrogen) atoms. The molecule has 142 valence electrons. The molecule has 1 aromatic heterocycles. The second-order valence-electron chi connectivity index (χ2n) is 7.01. The molecule has 4 rings (SSSR count). The van der Waals surface area contributed by atoms with E-state index in [1.807, 2.05) is 36.1 Å². The molecule has 1 aliphatic heterocycles. The molecular formula is C22H22N4O2. The van der Waals surface area contributed by atoms with Gasteiger partial charge in [-0.3, -0.25) is 14.3 Å². The standard InChI is InChI=1S/C22H22N4O2/c1-15-14-17(9-10-18(15)24-21(27)20-11-12-23-25(20)2)22(28)26-13-5-7-16-6-3-4-8-19(16)26/h3-4,6,8-12,14H,5,7,13H2,1-2H3,(H,24,27). The van der Waals surface area contributed by atoms with Crippen molar-refractivity contribution in [1.82, 2.24) is 9.78 Å². The van der Waals surface area contributed by atoms with E-state index in [0.29, 0.717) is 23.5 Å². The van der Waals surface area contributed by atoms with Crippen LogP contribution in [0, 0.1) is 6.92 Å². The van der Waals surface area contributed by atoms with Crippen molar-refractivity contribution in [3.63, 3.8) is 0 Å². The molecule has 0 saturated carbocycles. The summed E-state index contributed by atoms with van der Waals surface area (Å²) in [7, 11) is 1.72. The van der Waals surface area contributed by atoms with Gasteiger partial charge in [-0.05, 0) is 61.2 Å². The Bertz CT molecular complexity index is 1050. The number of para-hydroxylation sites is 1. The Labute approximate surface area is 163 Å². The van der Waals surface area contributed by atoms with Crippen LogP contribution in [0.3, 0.4) is 0 Å². The minimum atomic E-state index is -0.230. The first-order valence-corrected chi connectivity index (χ1v) is 9.34. The maximum absolute atomic E-state index is 13.1. The number of fused-ring (bicyclic) bond motifs is 1. The van der Waals surface area contributed by atoms with Gasteiger partial charge in [0.25, 0.3) is 11.8 Å². The van der Waals surface area contributed by atoms with Crippen molar-refractivity contribution in [2.24, 2.45) is 7.05 Å². The Kier molecular flexibility index (Phi) is 4.69. The van der Waals surface area contributed by atoms with Gasteiger partial charge in [0.05, 0.1) is 0 Å². The van der Waals surface area contributed by atoms with Gasteiger partial charge in [-0.1, -0.05) is 18.2 Å². The molecule has 2 heterocycles. The van der Waals surface area contributed by atoms with Gasteiger partial charge in [-0.2, -0.15) is 5.10 Å². The van der Waals surface area contributed by atoms with Gasteiger partial charge in [0.1, 0.15) is 5.69 Å². The lowest BCUT2D eigenvalue weighted by atomic mass is 10.0. The summed E-state index contributed by atoms with van der Waals surface area (Å²) in [6.45, 7) is 2.60. The summed E-state index contributed by atoms with van der Waals surface area (Å²) < 4.78 is 1.52. The Morgan fingerprint density at radius 2 is 1.93 bits per heavy atom. The molecule has 0 aliphatic carbocycles. The first kappa shape index (κ1) is 18.0. The van der Waals surface area contributed by atoms with E-state index in [-0.39, 0.29) is 11.8 Å². The van der Waals surface area contributed by atoms with Gasteiger partial charge in [0.2, 0.25) is 0 Å². The third-order valence-electron chi connectivity index (χ3n) is 5.13. The number of nitrogens with zero attached hydrogens (tertiary/aromatic N) is 3. The van der Waals surface area contributed by atoms with E-state index in [2.05, 4.69) is 16.5 Å². The van der Waals surface area contributed by atoms with E-state index in [9.17, 15) is 9.59 Å². The molecule has 0 atom stereocenters. The molecule has 2 aromatic carbocycles. The SMILES string of the molecule is Cc1cc(C(=O)N2CCCc3ccccc32)ccc1NC(=O)c1ccnn1C. The molecule has 0 spiro atoms. The normalized spacial score (nSPS) is 13.1. The van der Waals surface area contributed by atoms with E-state index in [0.717, 1.165) is 24.1 Å². The third-order valence-corrected chi connectivity index (χ3v) is 5.13. The number of carbonyl (C=O) groups excluding carboxylic acids is 2. The molecule has 0 fully saturated rings. The lowest BCUT2D eigenvalue weighted by Gasteiger charge is -2.29. The van der Waals surface area contributed by atoms with Crippen molar-refractivity contribution in [2.75, 3.05) is 16.8 Å². The third kappa shape index (κ3) is 3.29. The minimum Gasteiger partial charge on any atom is -0.320 e. The van der Waals surface area contributed by atoms with Gasteiger partial charge in [0.15, 0.2) is 0 Å². The Balaban J connectivity index is 1.56. The number of carbonyl (C=O) groups is 2. The van der Waals surface area contributed by atoms with Crippen LogP contribution in [0.2, 0.25) is 0 Å². The largest absolute Gasteiger partial charge is 0.320 e. The number of hydrogen-bond acceptors (Lipinski definition) is 3. The van der Waals surface area contributed by atoms with E-state index in [4.69, 9.17) is 0 Å². The van der Waals surface area contributed by atoms with Crippen molar-refractivity contribution in [3.05, 3.63) is 77.1 Å². The van der Waals surface area contributed by atoms with Crippen LogP contribution in [-0.4, -0.2) is 28.1 Å². The number of benzene rings is 2. The number of aryl methyl sites for hydroxylation is 3. The molecule has 1 N–H and O–H groups in total. The fraction of sp³-hybridized carbons (Fsp3) is 0.227. The van der Waals surface area contributed by atoms with E-state index in [1.165, 1.54) is 10.2 Å². The summed E-state index contributed by atoms with van der Waals surface area (Å²) in [5.74, 6) is -0.244. The van der Waals surface area contributed by atoms with Crippen molar-refractivity contribution >= 4 is 23.2 Å². The maximum atomic E-state index is 13.1. The summed E-state index contributed by atoms with van der Waals surface area (Å²) in [6.07, 6.45) is 3.54. The monoisotopic (exact) mass is 374 g/mol. The van der Waals surface area contributed by atoms with Crippen LogP contribution in [0.1, 0.15) is 38.4 Å². The van der Waals surface area contributed by atoms with Crippen molar-refractivity contribution in [3.8, 4) is 0 Å². The zero-order valence-corrected chi connectivity index (χ0v) is 16.0. The zero-order chi connectivity index (χ0) is 19.7. The highest BCUT2D eigenvalue weighted by molar-refractivity contribution is 6.08. The Morgan fingerprint density at radius 1 is 1.11 bits per heavy atom. The van der Waals surface area contributed by atoms with E-state index in [1.54, 1.807) is 31.4 Å². The van der Waals surface area contributed by atoms with Crippen LogP contribution in [0.4, 0.5) is 11.4 Å². The predicted molar refractivity (Wildman–Crippen MR) is 109 cm³/mol. The number of anilines is 2. The Morgan fingerprint density at radius 3 is 2.68 bits per heavy atom. The van der Waals surface area contributed by atoms with Crippen molar-refractivity contribution in [1.29, 1.82) is 0 Å². The maximum Gasteiger partial charge on any atom is 0.273 e. The lowest BCUT2D eigenvalue weighted by Crippen LogP contribution is -2.35. The molecule has 0 saturated heterocycles. The first-order chi connectivity index (χ1) is 13.5. The average molecular weight is 374 g/mol. The predicted octanol–water partition coefficient (Wildman–Crippen LogP) is 3.57. The quantitative estimate of drug-likeness (QED) is 0.762. The second-order valence-corrected chi connectivity index (χ2v) is 7.01. The molecule has 6 heteroatoms. The number of amides is 2. The number of aromatic nitrogens is 2. The molecule has 0 bridgehead atoms. The van der Waals surface area contributed by atoms with Crippen LogP contribution in [0.5, 0.6) is 0 Å². The lowest BCUT2D eigenvalue weighted by molar-refractivity contribution is 0.0983. The minimum absolute atomic E-state index is 0.0141. The highest BCUT2D eigenvalue weighted by atomic mass is 16.2.